The van der Waals surface area contributed by atoms with Crippen LogP contribution >= 0.6 is 11.3 Å². The van der Waals surface area contributed by atoms with Crippen LogP contribution in [-0.4, -0.2) is 29.0 Å². The van der Waals surface area contributed by atoms with Crippen molar-refractivity contribution in [3.05, 3.63) is 28.8 Å². The molecule has 1 fully saturated rings. The van der Waals surface area contributed by atoms with Gasteiger partial charge in [0.2, 0.25) is 0 Å². The minimum Gasteiger partial charge on any atom is -0.326 e. The summed E-state index contributed by atoms with van der Waals surface area (Å²) in [4.78, 5) is 6.91. The lowest BCUT2D eigenvalue weighted by molar-refractivity contribution is 0.327. The second-order valence-corrected chi connectivity index (χ2v) is 6.05. The predicted molar refractivity (Wildman–Crippen MR) is 72.2 cm³/mol. The highest BCUT2D eigenvalue weighted by atomic mass is 32.1. The van der Waals surface area contributed by atoms with Gasteiger partial charge in [-0.25, -0.2) is 4.98 Å². The van der Waals surface area contributed by atoms with Crippen molar-refractivity contribution in [2.24, 2.45) is 5.73 Å². The Labute approximate surface area is 105 Å². The number of aromatic nitrogens is 1. The van der Waals surface area contributed by atoms with Gasteiger partial charge in [0.25, 0.3) is 0 Å². The van der Waals surface area contributed by atoms with Crippen LogP contribution in [-0.2, 0) is 6.54 Å². The van der Waals surface area contributed by atoms with E-state index in [9.17, 15) is 0 Å². The van der Waals surface area contributed by atoms with E-state index in [4.69, 9.17) is 5.73 Å². The third-order valence-electron chi connectivity index (χ3n) is 3.27. The Kier molecular flexibility index (Phi) is 2.86. The maximum absolute atomic E-state index is 5.92. The average Bonchev–Trinajstić information content (AvgIpc) is 2.83. The van der Waals surface area contributed by atoms with Gasteiger partial charge < -0.3 is 5.73 Å². The normalized spacial score (nSPS) is 21.4. The zero-order valence-electron chi connectivity index (χ0n) is 10.0. The van der Waals surface area contributed by atoms with Gasteiger partial charge in [-0.2, -0.15) is 0 Å². The zero-order chi connectivity index (χ0) is 11.8. The number of likely N-dealkylation sites (tertiary alicyclic amines) is 1. The fourth-order valence-corrected chi connectivity index (χ4v) is 3.34. The molecule has 17 heavy (non-hydrogen) atoms. The van der Waals surface area contributed by atoms with E-state index in [-0.39, 0.29) is 0 Å². The van der Waals surface area contributed by atoms with Gasteiger partial charge in [0.15, 0.2) is 0 Å². The summed E-state index contributed by atoms with van der Waals surface area (Å²) in [7, 11) is 0. The molecule has 0 saturated carbocycles. The fraction of sp³-hybridized carbons (Fsp3) is 0.462. The lowest BCUT2D eigenvalue weighted by Gasteiger charge is -2.14. The van der Waals surface area contributed by atoms with Crippen LogP contribution in [0, 0.1) is 6.92 Å². The molecule has 1 aliphatic heterocycles. The molecular weight excluding hydrogens is 230 g/mol. The molecule has 2 heterocycles. The van der Waals surface area contributed by atoms with Crippen LogP contribution in [0.2, 0.25) is 0 Å². The van der Waals surface area contributed by atoms with Crippen LogP contribution < -0.4 is 5.73 Å². The van der Waals surface area contributed by atoms with E-state index in [1.165, 1.54) is 10.3 Å². The molecule has 1 aromatic heterocycles. The number of nitrogens with zero attached hydrogens (tertiary/aromatic N) is 2. The summed E-state index contributed by atoms with van der Waals surface area (Å²) in [5, 5.41) is 1.14. The average molecular weight is 247 g/mol. The van der Waals surface area contributed by atoms with E-state index >= 15 is 0 Å². The molecule has 3 nitrogen and oxygen atoms in total. The van der Waals surface area contributed by atoms with Gasteiger partial charge in [-0.1, -0.05) is 6.07 Å². The number of fused-ring (bicyclic) bond motifs is 1. The van der Waals surface area contributed by atoms with Crippen molar-refractivity contribution in [3.8, 4) is 0 Å². The van der Waals surface area contributed by atoms with E-state index < -0.39 is 0 Å². The maximum atomic E-state index is 5.92. The summed E-state index contributed by atoms with van der Waals surface area (Å²) in [5.41, 5.74) is 8.41. The zero-order valence-corrected chi connectivity index (χ0v) is 10.8. The predicted octanol–water partition coefficient (Wildman–Crippen LogP) is 2.14. The number of nitrogens with two attached hydrogens (primary N) is 1. The Morgan fingerprint density at radius 1 is 1.53 bits per heavy atom. The first-order valence-corrected chi connectivity index (χ1v) is 6.86. The Balaban J connectivity index is 1.80. The first-order chi connectivity index (χ1) is 8.20. The Hall–Kier alpha value is -0.970. The fourth-order valence-electron chi connectivity index (χ4n) is 2.45. The van der Waals surface area contributed by atoms with E-state index in [1.54, 1.807) is 11.3 Å². The number of hydrogen-bond donors (Lipinski definition) is 1. The quantitative estimate of drug-likeness (QED) is 0.884. The molecule has 0 bridgehead atoms. The van der Waals surface area contributed by atoms with Crippen LogP contribution in [0.3, 0.4) is 0 Å². The lowest BCUT2D eigenvalue weighted by atomic mass is 10.2. The monoisotopic (exact) mass is 247 g/mol. The molecule has 0 aliphatic carbocycles. The van der Waals surface area contributed by atoms with Crippen molar-refractivity contribution in [1.82, 2.24) is 9.88 Å². The summed E-state index contributed by atoms with van der Waals surface area (Å²) >= 11 is 1.77. The molecule has 1 unspecified atom stereocenters. The van der Waals surface area contributed by atoms with E-state index in [0.717, 1.165) is 36.6 Å². The molecule has 2 N–H and O–H groups in total. The van der Waals surface area contributed by atoms with Gasteiger partial charge in [-0.05, 0) is 31.0 Å². The minimum atomic E-state index is 0.365. The molecule has 90 valence electrons. The number of thiazole rings is 1. The molecule has 1 aliphatic rings. The van der Waals surface area contributed by atoms with Gasteiger partial charge >= 0.3 is 0 Å². The molecule has 1 saturated heterocycles. The second kappa shape index (κ2) is 4.37. The molecule has 1 aromatic carbocycles. The third-order valence-corrected chi connectivity index (χ3v) is 4.21. The molecule has 0 spiro atoms. The smallest absolute Gasteiger partial charge is 0.0907 e. The SMILES string of the molecule is Cc1nc2ccc(CN3CCC(N)C3)cc2s1. The van der Waals surface area contributed by atoms with Gasteiger partial charge in [0.05, 0.1) is 15.2 Å². The first-order valence-electron chi connectivity index (χ1n) is 6.05. The maximum Gasteiger partial charge on any atom is 0.0907 e. The highest BCUT2D eigenvalue weighted by molar-refractivity contribution is 7.18. The molecule has 0 amide bonds. The van der Waals surface area contributed by atoms with Crippen LogP contribution in [0.25, 0.3) is 10.2 Å². The molecule has 2 aromatic rings. The summed E-state index contributed by atoms with van der Waals surface area (Å²) < 4.78 is 1.29. The highest BCUT2D eigenvalue weighted by Crippen LogP contribution is 2.23. The molecule has 1 atom stereocenters. The van der Waals surface area contributed by atoms with E-state index in [0.29, 0.717) is 6.04 Å². The van der Waals surface area contributed by atoms with Crippen LogP contribution in [0.1, 0.15) is 17.0 Å². The third kappa shape index (κ3) is 2.34. The number of rotatable bonds is 2. The Morgan fingerprint density at radius 3 is 3.18 bits per heavy atom. The molecule has 3 rings (SSSR count). The van der Waals surface area contributed by atoms with Crippen molar-refractivity contribution in [2.75, 3.05) is 13.1 Å². The molecule has 0 radical (unpaired) electrons. The van der Waals surface area contributed by atoms with Gasteiger partial charge in [-0.3, -0.25) is 4.90 Å². The molecule has 4 heteroatoms. The van der Waals surface area contributed by atoms with Crippen molar-refractivity contribution in [2.45, 2.75) is 25.9 Å². The minimum absolute atomic E-state index is 0.365. The Morgan fingerprint density at radius 2 is 2.41 bits per heavy atom. The summed E-state index contributed by atoms with van der Waals surface area (Å²) in [6.45, 7) is 5.23. The highest BCUT2D eigenvalue weighted by Gasteiger charge is 2.18. The van der Waals surface area contributed by atoms with Crippen LogP contribution in [0.15, 0.2) is 18.2 Å². The Bertz CT molecular complexity index is 534. The number of hydrogen-bond acceptors (Lipinski definition) is 4. The van der Waals surface area contributed by atoms with Gasteiger partial charge in [0.1, 0.15) is 0 Å². The van der Waals surface area contributed by atoms with Crippen LogP contribution in [0.4, 0.5) is 0 Å². The van der Waals surface area contributed by atoms with E-state index in [2.05, 4.69) is 35.0 Å². The van der Waals surface area contributed by atoms with Crippen molar-refractivity contribution in [3.63, 3.8) is 0 Å². The summed E-state index contributed by atoms with van der Waals surface area (Å²) in [5.74, 6) is 0. The lowest BCUT2D eigenvalue weighted by Crippen LogP contribution is -2.26. The summed E-state index contributed by atoms with van der Waals surface area (Å²) in [6.07, 6.45) is 1.13. The van der Waals surface area contributed by atoms with Crippen molar-refractivity contribution < 1.29 is 0 Å². The van der Waals surface area contributed by atoms with Gasteiger partial charge in [0, 0.05) is 25.7 Å². The first kappa shape index (κ1) is 11.1. The molecular formula is C13H17N3S. The van der Waals surface area contributed by atoms with Crippen molar-refractivity contribution in [1.29, 1.82) is 0 Å². The van der Waals surface area contributed by atoms with Crippen LogP contribution in [0.5, 0.6) is 0 Å². The van der Waals surface area contributed by atoms with E-state index in [1.807, 2.05) is 0 Å². The second-order valence-electron chi connectivity index (χ2n) is 4.82. The van der Waals surface area contributed by atoms with Crippen molar-refractivity contribution >= 4 is 21.6 Å². The standard InChI is InChI=1S/C13H17N3S/c1-9-15-12-3-2-10(6-13(12)17-9)7-16-5-4-11(14)8-16/h2-3,6,11H,4-5,7-8,14H2,1H3. The van der Waals surface area contributed by atoms with Gasteiger partial charge in [-0.15, -0.1) is 11.3 Å². The number of aryl methyl sites for hydroxylation is 1. The number of benzene rings is 1. The topological polar surface area (TPSA) is 42.2 Å². The summed E-state index contributed by atoms with van der Waals surface area (Å²) in [6, 6.07) is 6.95. The largest absolute Gasteiger partial charge is 0.326 e.